The highest BCUT2D eigenvalue weighted by Gasteiger charge is 2.27. The van der Waals surface area contributed by atoms with Crippen molar-refractivity contribution in [2.45, 2.75) is 0 Å². The highest BCUT2D eigenvalue weighted by molar-refractivity contribution is 7.88. The van der Waals surface area contributed by atoms with E-state index in [2.05, 4.69) is 4.98 Å². The number of hydrogen-bond donors (Lipinski definition) is 1. The van der Waals surface area contributed by atoms with Gasteiger partial charge in [0.1, 0.15) is 10.7 Å². The SMILES string of the molecule is CS(=O)(=O)N1CCN(C(=O)c2ccc(C(N)=S)cn2)CC1. The van der Waals surface area contributed by atoms with Gasteiger partial charge < -0.3 is 10.6 Å². The van der Waals surface area contributed by atoms with Crippen molar-refractivity contribution < 1.29 is 13.2 Å². The fourth-order valence-corrected chi connectivity index (χ4v) is 3.00. The molecule has 1 saturated heterocycles. The van der Waals surface area contributed by atoms with Crippen molar-refractivity contribution in [2.75, 3.05) is 32.4 Å². The lowest BCUT2D eigenvalue weighted by Crippen LogP contribution is -2.50. The Morgan fingerprint density at radius 3 is 2.33 bits per heavy atom. The molecule has 21 heavy (non-hydrogen) atoms. The monoisotopic (exact) mass is 328 g/mol. The Balaban J connectivity index is 2.03. The second-order valence-electron chi connectivity index (χ2n) is 4.75. The summed E-state index contributed by atoms with van der Waals surface area (Å²) in [7, 11) is -3.20. The number of hydrogen-bond acceptors (Lipinski definition) is 5. The first-order valence-corrected chi connectivity index (χ1v) is 8.55. The number of pyridine rings is 1. The van der Waals surface area contributed by atoms with Gasteiger partial charge in [-0.2, -0.15) is 4.31 Å². The second kappa shape index (κ2) is 6.04. The summed E-state index contributed by atoms with van der Waals surface area (Å²) < 4.78 is 24.2. The number of carbonyl (C=O) groups excluding carboxylic acids is 1. The molecule has 7 nitrogen and oxygen atoms in total. The van der Waals surface area contributed by atoms with Gasteiger partial charge in [0.15, 0.2) is 0 Å². The molecule has 1 fully saturated rings. The molecule has 1 aliphatic heterocycles. The molecule has 114 valence electrons. The predicted octanol–water partition coefficient (Wildman–Crippen LogP) is -0.567. The van der Waals surface area contributed by atoms with Crippen LogP contribution >= 0.6 is 12.2 Å². The van der Waals surface area contributed by atoms with Gasteiger partial charge in [0.25, 0.3) is 5.91 Å². The molecule has 2 rings (SSSR count). The Labute approximate surface area is 128 Å². The van der Waals surface area contributed by atoms with Crippen LogP contribution in [0.3, 0.4) is 0 Å². The predicted molar refractivity (Wildman–Crippen MR) is 82.4 cm³/mol. The number of aromatic nitrogens is 1. The van der Waals surface area contributed by atoms with Crippen LogP contribution in [0.1, 0.15) is 16.1 Å². The van der Waals surface area contributed by atoms with E-state index in [1.807, 2.05) is 0 Å². The lowest BCUT2D eigenvalue weighted by Gasteiger charge is -2.33. The molecule has 2 N–H and O–H groups in total. The van der Waals surface area contributed by atoms with E-state index in [0.29, 0.717) is 37.4 Å². The third-order valence-corrected chi connectivity index (χ3v) is 4.80. The molecule has 1 aromatic rings. The maximum atomic E-state index is 12.3. The third-order valence-electron chi connectivity index (χ3n) is 3.26. The second-order valence-corrected chi connectivity index (χ2v) is 7.17. The van der Waals surface area contributed by atoms with E-state index in [-0.39, 0.29) is 10.9 Å². The molecule has 0 bridgehead atoms. The van der Waals surface area contributed by atoms with E-state index >= 15 is 0 Å². The quantitative estimate of drug-likeness (QED) is 0.747. The zero-order chi connectivity index (χ0) is 15.6. The van der Waals surface area contributed by atoms with Gasteiger partial charge in [0.05, 0.1) is 6.26 Å². The van der Waals surface area contributed by atoms with Crippen LogP contribution in [0.4, 0.5) is 0 Å². The van der Waals surface area contributed by atoms with Crippen molar-refractivity contribution in [3.8, 4) is 0 Å². The topological polar surface area (TPSA) is 96.6 Å². The number of thiocarbonyl (C=S) groups is 1. The molecule has 0 radical (unpaired) electrons. The molecule has 1 aromatic heterocycles. The summed E-state index contributed by atoms with van der Waals surface area (Å²) in [4.78, 5) is 18.1. The third kappa shape index (κ3) is 3.74. The van der Waals surface area contributed by atoms with Gasteiger partial charge in [-0.1, -0.05) is 12.2 Å². The number of piperazine rings is 1. The lowest BCUT2D eigenvalue weighted by molar-refractivity contribution is 0.0692. The molecule has 0 spiro atoms. The average molecular weight is 328 g/mol. The molecule has 0 saturated carbocycles. The molecule has 1 amide bonds. The summed E-state index contributed by atoms with van der Waals surface area (Å²) in [5.41, 5.74) is 6.37. The van der Waals surface area contributed by atoms with Gasteiger partial charge in [-0.25, -0.2) is 8.42 Å². The van der Waals surface area contributed by atoms with Crippen LogP contribution in [0.15, 0.2) is 18.3 Å². The summed E-state index contributed by atoms with van der Waals surface area (Å²) in [5.74, 6) is -0.224. The van der Waals surface area contributed by atoms with Crippen LogP contribution < -0.4 is 5.73 Å². The van der Waals surface area contributed by atoms with Crippen LogP contribution in [0.25, 0.3) is 0 Å². The number of nitrogens with two attached hydrogens (primary N) is 1. The minimum atomic E-state index is -3.20. The molecule has 0 unspecified atom stereocenters. The standard InChI is InChI=1S/C12H16N4O3S2/c1-21(18,19)16-6-4-15(5-7-16)12(17)10-3-2-9(8-14-10)11(13)20/h2-3,8H,4-7H2,1H3,(H2,13,20). The Hall–Kier alpha value is -1.58. The maximum absolute atomic E-state index is 12.3. The van der Waals surface area contributed by atoms with Crippen LogP contribution in [0, 0.1) is 0 Å². The largest absolute Gasteiger partial charge is 0.389 e. The summed E-state index contributed by atoms with van der Waals surface area (Å²) in [6, 6.07) is 3.22. The van der Waals surface area contributed by atoms with Gasteiger partial charge in [0, 0.05) is 37.9 Å². The fourth-order valence-electron chi connectivity index (χ4n) is 2.05. The van der Waals surface area contributed by atoms with Gasteiger partial charge in [-0.3, -0.25) is 9.78 Å². The van der Waals surface area contributed by atoms with Crippen molar-refractivity contribution in [3.63, 3.8) is 0 Å². The molecular weight excluding hydrogens is 312 g/mol. The van der Waals surface area contributed by atoms with Crippen molar-refractivity contribution in [1.82, 2.24) is 14.2 Å². The van der Waals surface area contributed by atoms with Crippen molar-refractivity contribution in [2.24, 2.45) is 5.73 Å². The smallest absolute Gasteiger partial charge is 0.272 e. The van der Waals surface area contributed by atoms with Gasteiger partial charge >= 0.3 is 0 Å². The average Bonchev–Trinajstić information content (AvgIpc) is 2.46. The number of carbonyl (C=O) groups is 1. The summed E-state index contributed by atoms with van der Waals surface area (Å²) >= 11 is 4.82. The molecule has 0 atom stereocenters. The number of nitrogens with zero attached hydrogens (tertiary/aromatic N) is 3. The maximum Gasteiger partial charge on any atom is 0.272 e. The molecule has 1 aliphatic rings. The molecular formula is C12H16N4O3S2. The number of rotatable bonds is 3. The van der Waals surface area contributed by atoms with Crippen molar-refractivity contribution in [1.29, 1.82) is 0 Å². The zero-order valence-electron chi connectivity index (χ0n) is 11.5. The Morgan fingerprint density at radius 2 is 1.90 bits per heavy atom. The Kier molecular flexibility index (Phi) is 4.55. The summed E-state index contributed by atoms with van der Waals surface area (Å²) in [6.45, 7) is 1.31. The lowest BCUT2D eigenvalue weighted by atomic mass is 10.2. The van der Waals surface area contributed by atoms with Crippen LogP contribution in [-0.4, -0.2) is 65.9 Å². The van der Waals surface area contributed by atoms with Crippen LogP contribution in [-0.2, 0) is 10.0 Å². The minimum absolute atomic E-state index is 0.224. The van der Waals surface area contributed by atoms with E-state index in [9.17, 15) is 13.2 Å². The zero-order valence-corrected chi connectivity index (χ0v) is 13.2. The van der Waals surface area contributed by atoms with E-state index < -0.39 is 10.0 Å². The van der Waals surface area contributed by atoms with Gasteiger partial charge in [0.2, 0.25) is 10.0 Å². The first-order valence-electron chi connectivity index (χ1n) is 6.29. The normalized spacial score (nSPS) is 16.7. The first-order chi connectivity index (χ1) is 9.79. The van der Waals surface area contributed by atoms with Gasteiger partial charge in [-0.15, -0.1) is 0 Å². The molecule has 0 aromatic carbocycles. The molecule has 0 aliphatic carbocycles. The Bertz CT molecular complexity index is 650. The molecule has 2 heterocycles. The number of sulfonamides is 1. The fraction of sp³-hybridized carbons (Fsp3) is 0.417. The van der Waals surface area contributed by atoms with Crippen LogP contribution in [0.5, 0.6) is 0 Å². The van der Waals surface area contributed by atoms with Crippen molar-refractivity contribution in [3.05, 3.63) is 29.6 Å². The van der Waals surface area contributed by atoms with Gasteiger partial charge in [-0.05, 0) is 12.1 Å². The highest BCUT2D eigenvalue weighted by atomic mass is 32.2. The summed E-state index contributed by atoms with van der Waals surface area (Å²) in [6.07, 6.45) is 2.63. The van der Waals surface area contributed by atoms with Crippen molar-refractivity contribution >= 4 is 33.1 Å². The Morgan fingerprint density at radius 1 is 1.29 bits per heavy atom. The number of amides is 1. The van der Waals surface area contributed by atoms with E-state index in [1.165, 1.54) is 16.8 Å². The highest BCUT2D eigenvalue weighted by Crippen LogP contribution is 2.10. The minimum Gasteiger partial charge on any atom is -0.389 e. The van der Waals surface area contributed by atoms with E-state index in [4.69, 9.17) is 18.0 Å². The van der Waals surface area contributed by atoms with E-state index in [0.717, 1.165) is 0 Å². The van der Waals surface area contributed by atoms with Crippen LogP contribution in [0.2, 0.25) is 0 Å². The first kappa shape index (κ1) is 15.8. The van der Waals surface area contributed by atoms with E-state index in [1.54, 1.807) is 17.0 Å². The molecule has 9 heteroatoms. The summed E-state index contributed by atoms with van der Waals surface area (Å²) in [5, 5.41) is 0.